The summed E-state index contributed by atoms with van der Waals surface area (Å²) in [6, 6.07) is 7.09. The monoisotopic (exact) mass is 347 g/mol. The van der Waals surface area contributed by atoms with E-state index in [-0.39, 0.29) is 11.2 Å². The summed E-state index contributed by atoms with van der Waals surface area (Å²) < 4.78 is 1.28. The van der Waals surface area contributed by atoms with Gasteiger partial charge in [-0.15, -0.1) is 0 Å². The molecule has 25 heavy (non-hydrogen) atoms. The molecule has 5 N–H and O–H groups in total. The summed E-state index contributed by atoms with van der Waals surface area (Å²) >= 11 is 0. The molecule has 0 bridgehead atoms. The minimum Gasteiger partial charge on any atom is -0.330 e. The van der Waals surface area contributed by atoms with Crippen molar-refractivity contribution in [1.82, 2.24) is 20.2 Å². The first-order valence-corrected chi connectivity index (χ1v) is 9.07. The van der Waals surface area contributed by atoms with Gasteiger partial charge in [-0.05, 0) is 70.5 Å². The van der Waals surface area contributed by atoms with Crippen molar-refractivity contribution in [2.75, 3.05) is 32.7 Å². The smallest absolute Gasteiger partial charge is 0.328 e. The summed E-state index contributed by atoms with van der Waals surface area (Å²) in [4.78, 5) is 27.2. The molecule has 1 aromatic carbocycles. The van der Waals surface area contributed by atoms with Gasteiger partial charge in [-0.3, -0.25) is 9.36 Å². The fraction of sp³-hybridized carbons (Fsp3) is 0.556. The highest BCUT2D eigenvalue weighted by Crippen LogP contribution is 2.02. The number of hydrogen-bond acceptors (Lipinski definition) is 5. The van der Waals surface area contributed by atoms with Crippen LogP contribution < -0.4 is 27.6 Å². The molecule has 7 heteroatoms. The molecular weight excluding hydrogens is 318 g/mol. The molecule has 0 saturated heterocycles. The Morgan fingerprint density at radius 1 is 0.920 bits per heavy atom. The number of nitrogens with two attached hydrogens (primary N) is 1. The van der Waals surface area contributed by atoms with Crippen LogP contribution in [0.15, 0.2) is 33.9 Å². The fourth-order valence-electron chi connectivity index (χ4n) is 2.74. The molecule has 1 heterocycles. The van der Waals surface area contributed by atoms with E-state index in [9.17, 15) is 9.59 Å². The van der Waals surface area contributed by atoms with Crippen LogP contribution >= 0.6 is 0 Å². The van der Waals surface area contributed by atoms with Crippen LogP contribution in [0.5, 0.6) is 0 Å². The van der Waals surface area contributed by atoms with Crippen LogP contribution in [-0.4, -0.2) is 42.3 Å². The molecule has 2 rings (SSSR count). The molecule has 0 aliphatic heterocycles. The first-order valence-electron chi connectivity index (χ1n) is 9.07. The Kier molecular flexibility index (Phi) is 8.38. The van der Waals surface area contributed by atoms with E-state index in [0.717, 1.165) is 58.4 Å². The van der Waals surface area contributed by atoms with E-state index in [1.54, 1.807) is 24.3 Å². The average Bonchev–Trinajstić information content (AvgIpc) is 2.62. The molecule has 0 radical (unpaired) electrons. The summed E-state index contributed by atoms with van der Waals surface area (Å²) in [6.45, 7) is 4.90. The maximum absolute atomic E-state index is 12.4. The quantitative estimate of drug-likeness (QED) is 0.416. The van der Waals surface area contributed by atoms with E-state index in [1.165, 1.54) is 4.57 Å². The molecule has 0 atom stereocenters. The van der Waals surface area contributed by atoms with E-state index in [1.807, 2.05) is 0 Å². The number of aromatic nitrogens is 2. The van der Waals surface area contributed by atoms with Gasteiger partial charge in [0.25, 0.3) is 5.56 Å². The average molecular weight is 347 g/mol. The highest BCUT2D eigenvalue weighted by molar-refractivity contribution is 5.76. The Morgan fingerprint density at radius 2 is 1.56 bits per heavy atom. The minimum atomic E-state index is -0.341. The van der Waals surface area contributed by atoms with Gasteiger partial charge in [0.05, 0.1) is 10.9 Å². The van der Waals surface area contributed by atoms with E-state index >= 15 is 0 Å². The molecule has 0 amide bonds. The normalized spacial score (nSPS) is 11.2. The molecule has 0 fully saturated rings. The number of rotatable bonds is 12. The number of para-hydroxylation sites is 1. The third-order valence-corrected chi connectivity index (χ3v) is 4.14. The van der Waals surface area contributed by atoms with Crippen molar-refractivity contribution in [3.05, 3.63) is 45.1 Å². The molecule has 0 aliphatic carbocycles. The van der Waals surface area contributed by atoms with Crippen molar-refractivity contribution >= 4 is 10.9 Å². The van der Waals surface area contributed by atoms with Gasteiger partial charge in [0.15, 0.2) is 0 Å². The molecule has 0 spiro atoms. The highest BCUT2D eigenvalue weighted by atomic mass is 16.2. The Morgan fingerprint density at radius 3 is 2.28 bits per heavy atom. The number of nitrogens with one attached hydrogen (secondary N) is 3. The minimum absolute atomic E-state index is 0.220. The Hall–Kier alpha value is -1.96. The lowest BCUT2D eigenvalue weighted by Gasteiger charge is -2.08. The first-order chi connectivity index (χ1) is 12.2. The summed E-state index contributed by atoms with van der Waals surface area (Å²) in [7, 11) is 0. The lowest BCUT2D eigenvalue weighted by atomic mass is 10.2. The first kappa shape index (κ1) is 19.4. The van der Waals surface area contributed by atoms with Gasteiger partial charge in [-0.25, -0.2) is 4.79 Å². The molecule has 0 unspecified atom stereocenters. The second kappa shape index (κ2) is 10.8. The number of nitrogens with zero attached hydrogens (tertiary/aromatic N) is 1. The molecule has 138 valence electrons. The number of hydrogen-bond donors (Lipinski definition) is 4. The van der Waals surface area contributed by atoms with Crippen LogP contribution in [0.2, 0.25) is 0 Å². The van der Waals surface area contributed by atoms with Gasteiger partial charge in [0, 0.05) is 6.54 Å². The zero-order valence-corrected chi connectivity index (χ0v) is 14.7. The van der Waals surface area contributed by atoms with Gasteiger partial charge in [-0.2, -0.15) is 0 Å². The number of unbranched alkanes of at least 4 members (excludes halogenated alkanes) is 1. The van der Waals surface area contributed by atoms with Crippen LogP contribution in [0.4, 0.5) is 0 Å². The molecule has 7 nitrogen and oxygen atoms in total. The standard InChI is InChI=1S/C18H29N5O2/c19-9-5-12-20-10-3-4-11-21-13-6-14-23-17(24)15-7-1-2-8-16(15)22-18(23)25/h1-2,7-8,20-21H,3-6,9-14,19H2,(H,22,25). The van der Waals surface area contributed by atoms with Crippen LogP contribution in [0.1, 0.15) is 25.7 Å². The van der Waals surface area contributed by atoms with Gasteiger partial charge in [-0.1, -0.05) is 12.1 Å². The van der Waals surface area contributed by atoms with Gasteiger partial charge in [0.1, 0.15) is 0 Å². The summed E-state index contributed by atoms with van der Waals surface area (Å²) in [5.74, 6) is 0. The van der Waals surface area contributed by atoms with Crippen molar-refractivity contribution in [2.45, 2.75) is 32.2 Å². The fourth-order valence-corrected chi connectivity index (χ4v) is 2.74. The molecular formula is C18H29N5O2. The maximum Gasteiger partial charge on any atom is 0.328 e. The third kappa shape index (κ3) is 6.12. The van der Waals surface area contributed by atoms with Crippen molar-refractivity contribution in [2.24, 2.45) is 5.73 Å². The second-order valence-electron chi connectivity index (χ2n) is 6.14. The van der Waals surface area contributed by atoms with Crippen molar-refractivity contribution in [3.8, 4) is 0 Å². The number of benzene rings is 1. The van der Waals surface area contributed by atoms with Gasteiger partial charge >= 0.3 is 5.69 Å². The van der Waals surface area contributed by atoms with E-state index in [0.29, 0.717) is 17.4 Å². The number of aromatic amines is 1. The molecule has 0 saturated carbocycles. The van der Waals surface area contributed by atoms with Crippen molar-refractivity contribution in [1.29, 1.82) is 0 Å². The largest absolute Gasteiger partial charge is 0.330 e. The summed E-state index contributed by atoms with van der Waals surface area (Å²) in [5.41, 5.74) is 5.46. The Bertz CT molecular complexity index is 753. The number of H-pyrrole nitrogens is 1. The number of fused-ring (bicyclic) bond motifs is 1. The molecule has 2 aromatic rings. The highest BCUT2D eigenvalue weighted by Gasteiger charge is 2.06. The van der Waals surface area contributed by atoms with Crippen molar-refractivity contribution < 1.29 is 0 Å². The van der Waals surface area contributed by atoms with Crippen LogP contribution in [0.3, 0.4) is 0 Å². The summed E-state index contributed by atoms with van der Waals surface area (Å²) in [5, 5.41) is 7.26. The topological polar surface area (TPSA) is 105 Å². The lowest BCUT2D eigenvalue weighted by molar-refractivity contribution is 0.535. The lowest BCUT2D eigenvalue weighted by Crippen LogP contribution is -2.35. The maximum atomic E-state index is 12.4. The van der Waals surface area contributed by atoms with E-state index in [4.69, 9.17) is 5.73 Å². The van der Waals surface area contributed by atoms with Crippen LogP contribution in [0.25, 0.3) is 10.9 Å². The van der Waals surface area contributed by atoms with E-state index in [2.05, 4.69) is 15.6 Å². The van der Waals surface area contributed by atoms with Gasteiger partial charge < -0.3 is 21.4 Å². The molecule has 0 aliphatic rings. The zero-order valence-electron chi connectivity index (χ0n) is 14.7. The molecule has 1 aromatic heterocycles. The van der Waals surface area contributed by atoms with Crippen LogP contribution in [-0.2, 0) is 6.54 Å². The zero-order chi connectivity index (χ0) is 17.9. The Balaban J connectivity index is 1.66. The third-order valence-electron chi connectivity index (χ3n) is 4.14. The predicted octanol–water partition coefficient (Wildman–Crippen LogP) is 0.388. The SMILES string of the molecule is NCCCNCCCCNCCCn1c(=O)[nH]c2ccccc2c1=O. The van der Waals surface area contributed by atoms with E-state index < -0.39 is 0 Å². The van der Waals surface area contributed by atoms with Gasteiger partial charge in [0.2, 0.25) is 0 Å². The van der Waals surface area contributed by atoms with Crippen LogP contribution in [0, 0.1) is 0 Å². The summed E-state index contributed by atoms with van der Waals surface area (Å²) in [6.07, 6.45) is 4.00. The van der Waals surface area contributed by atoms with Crippen molar-refractivity contribution in [3.63, 3.8) is 0 Å². The predicted molar refractivity (Wildman–Crippen MR) is 102 cm³/mol. The second-order valence-corrected chi connectivity index (χ2v) is 6.14. The Labute approximate surface area is 147 Å².